The van der Waals surface area contributed by atoms with Crippen molar-refractivity contribution in [2.24, 2.45) is 0 Å². The van der Waals surface area contributed by atoms with Crippen LogP contribution in [0.2, 0.25) is 0 Å². The number of likely N-dealkylation sites (tertiary alicyclic amines) is 1. The average Bonchev–Trinajstić information content (AvgIpc) is 3.28. The maximum Gasteiger partial charge on any atom is 0.270 e. The molecule has 0 atom stereocenters. The summed E-state index contributed by atoms with van der Waals surface area (Å²) in [6.07, 6.45) is 6.29. The first-order chi connectivity index (χ1) is 14.6. The predicted molar refractivity (Wildman–Crippen MR) is 111 cm³/mol. The summed E-state index contributed by atoms with van der Waals surface area (Å²) in [5.41, 5.74) is 2.57. The molecular weight excluding hydrogens is 383 g/mol. The summed E-state index contributed by atoms with van der Waals surface area (Å²) in [7, 11) is 0. The molecule has 0 bridgehead atoms. The second kappa shape index (κ2) is 8.90. The highest BCUT2D eigenvalue weighted by molar-refractivity contribution is 5.94. The van der Waals surface area contributed by atoms with Gasteiger partial charge >= 0.3 is 0 Å². The van der Waals surface area contributed by atoms with E-state index in [0.717, 1.165) is 31.5 Å². The number of imidazole rings is 1. The van der Waals surface area contributed by atoms with Crippen molar-refractivity contribution < 1.29 is 14.0 Å². The lowest BCUT2D eigenvalue weighted by molar-refractivity contribution is 0.0724. The van der Waals surface area contributed by atoms with Crippen molar-refractivity contribution in [2.75, 3.05) is 13.1 Å². The fraction of sp³-hybridized carbons (Fsp3) is 0.261. The van der Waals surface area contributed by atoms with Gasteiger partial charge in [0.2, 0.25) is 0 Å². The van der Waals surface area contributed by atoms with Crippen molar-refractivity contribution in [1.29, 1.82) is 0 Å². The van der Waals surface area contributed by atoms with Crippen molar-refractivity contribution in [1.82, 2.24) is 19.8 Å². The maximum atomic E-state index is 13.2. The number of nitrogens with one attached hydrogen (secondary N) is 1. The summed E-state index contributed by atoms with van der Waals surface area (Å²) < 4.78 is 14.8. The zero-order valence-electron chi connectivity index (χ0n) is 16.6. The van der Waals surface area contributed by atoms with E-state index < -0.39 is 0 Å². The van der Waals surface area contributed by atoms with Gasteiger partial charge in [0.25, 0.3) is 11.8 Å². The Balaban J connectivity index is 1.38. The fourth-order valence-electron chi connectivity index (χ4n) is 3.59. The number of rotatable bonds is 5. The third-order valence-electron chi connectivity index (χ3n) is 5.27. The van der Waals surface area contributed by atoms with E-state index in [4.69, 9.17) is 0 Å². The summed E-state index contributed by atoms with van der Waals surface area (Å²) in [6.45, 7) is 1.96. The Kier molecular flexibility index (Phi) is 5.88. The minimum Gasteiger partial charge on any atom is -0.347 e. The lowest BCUT2D eigenvalue weighted by atomic mass is 10.1. The molecule has 1 aromatic heterocycles. The third-order valence-corrected chi connectivity index (χ3v) is 5.27. The number of nitrogens with zero attached hydrogens (tertiary/aromatic N) is 3. The SMILES string of the molecule is O=C(NCc1ccc(C(=O)N2CCCCC2)cc1)c1cncn1-c1ccc(F)cc1. The van der Waals surface area contributed by atoms with Crippen LogP contribution < -0.4 is 5.32 Å². The third kappa shape index (κ3) is 4.40. The Labute approximate surface area is 174 Å². The predicted octanol–water partition coefficient (Wildman–Crippen LogP) is 3.57. The Morgan fingerprint density at radius 3 is 2.37 bits per heavy atom. The Morgan fingerprint density at radius 2 is 1.67 bits per heavy atom. The molecule has 2 amide bonds. The molecular formula is C23H23FN4O2. The molecule has 3 aromatic rings. The van der Waals surface area contributed by atoms with E-state index in [1.165, 1.54) is 31.1 Å². The summed E-state index contributed by atoms with van der Waals surface area (Å²) in [5.74, 6) is -0.564. The number of carbonyl (C=O) groups is 2. The van der Waals surface area contributed by atoms with Crippen LogP contribution in [-0.4, -0.2) is 39.4 Å². The highest BCUT2D eigenvalue weighted by atomic mass is 19.1. The number of hydrogen-bond donors (Lipinski definition) is 1. The highest BCUT2D eigenvalue weighted by Gasteiger charge is 2.18. The van der Waals surface area contributed by atoms with Crippen LogP contribution in [0.25, 0.3) is 5.69 Å². The summed E-state index contributed by atoms with van der Waals surface area (Å²) in [4.78, 5) is 31.1. The molecule has 1 aliphatic rings. The summed E-state index contributed by atoms with van der Waals surface area (Å²) in [6, 6.07) is 13.2. The van der Waals surface area contributed by atoms with Crippen molar-refractivity contribution in [2.45, 2.75) is 25.8 Å². The van der Waals surface area contributed by atoms with Crippen LogP contribution in [0, 0.1) is 5.82 Å². The Bertz CT molecular complexity index is 1020. The first kappa shape index (κ1) is 19.8. The largest absolute Gasteiger partial charge is 0.347 e. The molecule has 1 N–H and O–H groups in total. The smallest absolute Gasteiger partial charge is 0.270 e. The number of aromatic nitrogens is 2. The van der Waals surface area contributed by atoms with Gasteiger partial charge in [-0.2, -0.15) is 0 Å². The van der Waals surface area contributed by atoms with Crippen LogP contribution in [0.15, 0.2) is 61.1 Å². The van der Waals surface area contributed by atoms with Gasteiger partial charge in [-0.1, -0.05) is 12.1 Å². The second-order valence-electron chi connectivity index (χ2n) is 7.36. The summed E-state index contributed by atoms with van der Waals surface area (Å²) >= 11 is 0. The van der Waals surface area contributed by atoms with Crippen LogP contribution in [0.1, 0.15) is 45.7 Å². The van der Waals surface area contributed by atoms with E-state index in [1.807, 2.05) is 17.0 Å². The first-order valence-corrected chi connectivity index (χ1v) is 10.1. The van der Waals surface area contributed by atoms with Gasteiger partial charge in [-0.25, -0.2) is 9.37 Å². The Hall–Kier alpha value is -3.48. The van der Waals surface area contributed by atoms with Gasteiger partial charge in [0.15, 0.2) is 0 Å². The van der Waals surface area contributed by atoms with Crippen LogP contribution in [-0.2, 0) is 6.54 Å². The molecule has 7 heteroatoms. The molecule has 1 aliphatic heterocycles. The van der Waals surface area contributed by atoms with Crippen molar-refractivity contribution in [3.63, 3.8) is 0 Å². The van der Waals surface area contributed by atoms with E-state index >= 15 is 0 Å². The summed E-state index contributed by atoms with van der Waals surface area (Å²) in [5, 5.41) is 2.87. The van der Waals surface area contributed by atoms with Gasteiger partial charge in [-0.05, 0) is 61.2 Å². The number of benzene rings is 2. The molecule has 1 saturated heterocycles. The molecule has 6 nitrogen and oxygen atoms in total. The van der Waals surface area contributed by atoms with Crippen LogP contribution in [0.4, 0.5) is 4.39 Å². The first-order valence-electron chi connectivity index (χ1n) is 10.1. The number of halogens is 1. The van der Waals surface area contributed by atoms with E-state index in [0.29, 0.717) is 23.5 Å². The van der Waals surface area contributed by atoms with Crippen LogP contribution in [0.3, 0.4) is 0 Å². The standard InChI is InChI=1S/C23H23FN4O2/c24-19-8-10-20(11-9-19)28-16-25-15-21(28)22(29)26-14-17-4-6-18(7-5-17)23(30)27-12-2-1-3-13-27/h4-11,15-16H,1-3,12-14H2,(H,26,29). The molecule has 0 spiro atoms. The molecule has 30 heavy (non-hydrogen) atoms. The van der Waals surface area contributed by atoms with Gasteiger partial charge in [0.1, 0.15) is 11.5 Å². The zero-order chi connectivity index (χ0) is 20.9. The average molecular weight is 406 g/mol. The molecule has 0 aliphatic carbocycles. The normalized spacial score (nSPS) is 13.8. The molecule has 4 rings (SSSR count). The minimum absolute atomic E-state index is 0.0634. The minimum atomic E-state index is -0.341. The van der Waals surface area contributed by atoms with Crippen molar-refractivity contribution in [3.05, 3.63) is 83.7 Å². The fourth-order valence-corrected chi connectivity index (χ4v) is 3.59. The molecule has 2 aromatic carbocycles. The number of amides is 2. The second-order valence-corrected chi connectivity index (χ2v) is 7.36. The quantitative estimate of drug-likeness (QED) is 0.704. The lowest BCUT2D eigenvalue weighted by Gasteiger charge is -2.26. The van der Waals surface area contributed by atoms with Crippen LogP contribution in [0.5, 0.6) is 0 Å². The van der Waals surface area contributed by atoms with E-state index in [-0.39, 0.29) is 17.6 Å². The number of carbonyl (C=O) groups excluding carboxylic acids is 2. The van der Waals surface area contributed by atoms with E-state index in [2.05, 4.69) is 10.3 Å². The van der Waals surface area contributed by atoms with Gasteiger partial charge in [-0.3, -0.25) is 14.2 Å². The van der Waals surface area contributed by atoms with Gasteiger partial charge < -0.3 is 10.2 Å². The molecule has 154 valence electrons. The lowest BCUT2D eigenvalue weighted by Crippen LogP contribution is -2.35. The zero-order valence-corrected chi connectivity index (χ0v) is 16.6. The molecule has 2 heterocycles. The number of piperidine rings is 1. The topological polar surface area (TPSA) is 67.2 Å². The van der Waals surface area contributed by atoms with Crippen molar-refractivity contribution >= 4 is 11.8 Å². The molecule has 0 unspecified atom stereocenters. The highest BCUT2D eigenvalue weighted by Crippen LogP contribution is 2.15. The van der Waals surface area contributed by atoms with Crippen LogP contribution >= 0.6 is 0 Å². The van der Waals surface area contributed by atoms with Gasteiger partial charge in [0, 0.05) is 30.9 Å². The molecule has 0 radical (unpaired) electrons. The molecule has 0 saturated carbocycles. The van der Waals surface area contributed by atoms with Gasteiger partial charge in [0.05, 0.1) is 12.5 Å². The maximum absolute atomic E-state index is 13.2. The molecule has 1 fully saturated rings. The monoisotopic (exact) mass is 406 g/mol. The number of hydrogen-bond acceptors (Lipinski definition) is 3. The van der Waals surface area contributed by atoms with Crippen molar-refractivity contribution in [3.8, 4) is 5.69 Å². The van der Waals surface area contributed by atoms with Gasteiger partial charge in [-0.15, -0.1) is 0 Å². The Morgan fingerprint density at radius 1 is 0.967 bits per heavy atom. The van der Waals surface area contributed by atoms with E-state index in [1.54, 1.807) is 28.8 Å². The van der Waals surface area contributed by atoms with E-state index in [9.17, 15) is 14.0 Å².